The number of nitrogens with two attached hydrogens (primary N) is 1. The van der Waals surface area contributed by atoms with Gasteiger partial charge in [-0.25, -0.2) is 9.97 Å². The van der Waals surface area contributed by atoms with Crippen molar-refractivity contribution < 1.29 is 0 Å². The molecule has 2 heterocycles. The monoisotopic (exact) mass is 179 g/mol. The summed E-state index contributed by atoms with van der Waals surface area (Å²) in [6.45, 7) is 1.93. The quantitative estimate of drug-likeness (QED) is 0.725. The van der Waals surface area contributed by atoms with Gasteiger partial charge in [-0.3, -0.25) is 0 Å². The fourth-order valence-electron chi connectivity index (χ4n) is 0.981. The van der Waals surface area contributed by atoms with Gasteiger partial charge in [-0.2, -0.15) is 0 Å². The second kappa shape index (κ2) is 2.80. The summed E-state index contributed by atoms with van der Waals surface area (Å²) in [7, 11) is 0. The molecule has 2 aromatic rings. The third-order valence-corrected chi connectivity index (χ3v) is 2.75. The van der Waals surface area contributed by atoms with E-state index < -0.39 is 0 Å². The van der Waals surface area contributed by atoms with Crippen LogP contribution in [0.5, 0.6) is 0 Å². The van der Waals surface area contributed by atoms with Crippen LogP contribution in [-0.2, 0) is 0 Å². The molecule has 1 atom stereocenters. The summed E-state index contributed by atoms with van der Waals surface area (Å²) in [6.07, 6.45) is 1.77. The molecule has 2 aromatic heterocycles. The Morgan fingerprint density at radius 1 is 1.58 bits per heavy atom. The van der Waals surface area contributed by atoms with E-state index in [1.54, 1.807) is 17.5 Å². The topological polar surface area (TPSA) is 51.8 Å². The average Bonchev–Trinajstić information content (AvgIpc) is 2.46. The standard InChI is InChI=1S/C8H9N3S/c1-5(9)7-11-6-3-2-4-10-8(6)12-7/h2-5H,9H2,1H3/t5-/m0/s1. The van der Waals surface area contributed by atoms with Crippen molar-refractivity contribution in [3.05, 3.63) is 23.3 Å². The van der Waals surface area contributed by atoms with Gasteiger partial charge in [0.2, 0.25) is 0 Å². The highest BCUT2D eigenvalue weighted by Gasteiger charge is 2.06. The van der Waals surface area contributed by atoms with Gasteiger partial charge in [0.15, 0.2) is 0 Å². The van der Waals surface area contributed by atoms with Gasteiger partial charge in [0.1, 0.15) is 15.4 Å². The minimum atomic E-state index is 0.00389. The first-order chi connectivity index (χ1) is 5.77. The van der Waals surface area contributed by atoms with E-state index in [0.717, 1.165) is 15.4 Å². The van der Waals surface area contributed by atoms with Crippen molar-refractivity contribution in [3.8, 4) is 0 Å². The van der Waals surface area contributed by atoms with Crippen LogP contribution in [0.1, 0.15) is 18.0 Å². The molecule has 0 aromatic carbocycles. The van der Waals surface area contributed by atoms with Crippen LogP contribution >= 0.6 is 11.3 Å². The molecular weight excluding hydrogens is 170 g/mol. The van der Waals surface area contributed by atoms with Crippen molar-refractivity contribution in [3.63, 3.8) is 0 Å². The third-order valence-electron chi connectivity index (χ3n) is 1.57. The number of hydrogen-bond acceptors (Lipinski definition) is 4. The minimum Gasteiger partial charge on any atom is -0.322 e. The molecule has 0 spiro atoms. The maximum absolute atomic E-state index is 5.70. The molecule has 2 N–H and O–H groups in total. The van der Waals surface area contributed by atoms with Crippen LogP contribution in [0, 0.1) is 0 Å². The molecule has 0 aliphatic rings. The number of pyridine rings is 1. The van der Waals surface area contributed by atoms with Gasteiger partial charge in [-0.15, -0.1) is 0 Å². The molecule has 12 heavy (non-hydrogen) atoms. The molecule has 0 saturated carbocycles. The molecule has 2 rings (SSSR count). The van der Waals surface area contributed by atoms with Crippen LogP contribution in [0.15, 0.2) is 18.3 Å². The lowest BCUT2D eigenvalue weighted by Crippen LogP contribution is -2.03. The van der Waals surface area contributed by atoms with Gasteiger partial charge in [0.05, 0.1) is 6.04 Å². The van der Waals surface area contributed by atoms with Crippen LogP contribution < -0.4 is 5.73 Å². The van der Waals surface area contributed by atoms with E-state index in [9.17, 15) is 0 Å². The number of fused-ring (bicyclic) bond motifs is 1. The smallest absolute Gasteiger partial charge is 0.143 e. The van der Waals surface area contributed by atoms with Gasteiger partial charge in [-0.1, -0.05) is 11.3 Å². The molecule has 0 saturated heterocycles. The van der Waals surface area contributed by atoms with Crippen LogP contribution in [0.3, 0.4) is 0 Å². The first-order valence-electron chi connectivity index (χ1n) is 3.74. The van der Waals surface area contributed by atoms with Crippen LogP contribution in [-0.4, -0.2) is 9.97 Å². The highest BCUT2D eigenvalue weighted by atomic mass is 32.1. The van der Waals surface area contributed by atoms with Crippen molar-refractivity contribution in [2.75, 3.05) is 0 Å². The van der Waals surface area contributed by atoms with Crippen LogP contribution in [0.25, 0.3) is 10.3 Å². The molecule has 0 unspecified atom stereocenters. The largest absolute Gasteiger partial charge is 0.322 e. The average molecular weight is 179 g/mol. The lowest BCUT2D eigenvalue weighted by molar-refractivity contribution is 0.810. The maximum Gasteiger partial charge on any atom is 0.143 e. The van der Waals surface area contributed by atoms with Crippen molar-refractivity contribution in [2.45, 2.75) is 13.0 Å². The third kappa shape index (κ3) is 1.19. The molecule has 4 heteroatoms. The minimum absolute atomic E-state index is 0.00389. The van der Waals surface area contributed by atoms with E-state index in [2.05, 4.69) is 9.97 Å². The fourth-order valence-corrected chi connectivity index (χ4v) is 1.84. The highest BCUT2D eigenvalue weighted by molar-refractivity contribution is 7.18. The molecule has 0 fully saturated rings. The zero-order valence-corrected chi connectivity index (χ0v) is 7.51. The lowest BCUT2D eigenvalue weighted by atomic mass is 10.4. The molecule has 0 aliphatic carbocycles. The number of rotatable bonds is 1. The molecule has 0 aliphatic heterocycles. The Hall–Kier alpha value is -1.00. The number of thiazole rings is 1. The van der Waals surface area contributed by atoms with Crippen molar-refractivity contribution in [1.29, 1.82) is 0 Å². The van der Waals surface area contributed by atoms with E-state index in [0.29, 0.717) is 0 Å². The Balaban J connectivity index is 2.62. The first-order valence-corrected chi connectivity index (χ1v) is 4.56. The summed E-state index contributed by atoms with van der Waals surface area (Å²) in [4.78, 5) is 9.49. The van der Waals surface area contributed by atoms with Gasteiger partial charge in [-0.05, 0) is 19.1 Å². The summed E-state index contributed by atoms with van der Waals surface area (Å²) < 4.78 is 0. The summed E-state index contributed by atoms with van der Waals surface area (Å²) in [6, 6.07) is 3.83. The Bertz CT molecular complexity index is 361. The van der Waals surface area contributed by atoms with E-state index in [4.69, 9.17) is 5.73 Å². The Labute approximate surface area is 74.3 Å². The summed E-state index contributed by atoms with van der Waals surface area (Å²) in [5.41, 5.74) is 6.64. The summed E-state index contributed by atoms with van der Waals surface area (Å²) in [5.74, 6) is 0. The second-order valence-electron chi connectivity index (χ2n) is 2.67. The van der Waals surface area contributed by atoms with Gasteiger partial charge < -0.3 is 5.73 Å². The van der Waals surface area contributed by atoms with Gasteiger partial charge >= 0.3 is 0 Å². The normalized spacial score (nSPS) is 13.5. The van der Waals surface area contributed by atoms with Crippen LogP contribution in [0.4, 0.5) is 0 Å². The van der Waals surface area contributed by atoms with Gasteiger partial charge in [0, 0.05) is 6.20 Å². The molecular formula is C8H9N3S. The fraction of sp³-hybridized carbons (Fsp3) is 0.250. The molecule has 0 radical (unpaired) electrons. The van der Waals surface area contributed by atoms with E-state index in [-0.39, 0.29) is 6.04 Å². The maximum atomic E-state index is 5.70. The number of nitrogens with zero attached hydrogens (tertiary/aromatic N) is 2. The molecule has 3 nitrogen and oxygen atoms in total. The predicted octanol–water partition coefficient (Wildman–Crippen LogP) is 1.71. The Morgan fingerprint density at radius 2 is 2.42 bits per heavy atom. The first kappa shape index (κ1) is 7.64. The Kier molecular flexibility index (Phi) is 1.78. The van der Waals surface area contributed by atoms with Gasteiger partial charge in [0.25, 0.3) is 0 Å². The molecule has 0 bridgehead atoms. The summed E-state index contributed by atoms with van der Waals surface area (Å²) in [5, 5.41) is 0.948. The van der Waals surface area contributed by atoms with E-state index >= 15 is 0 Å². The van der Waals surface area contributed by atoms with Crippen LogP contribution in [0.2, 0.25) is 0 Å². The predicted molar refractivity (Wildman–Crippen MR) is 50.0 cm³/mol. The summed E-state index contributed by atoms with van der Waals surface area (Å²) >= 11 is 1.56. The molecule has 62 valence electrons. The van der Waals surface area contributed by atoms with Crippen molar-refractivity contribution in [2.24, 2.45) is 5.73 Å². The van der Waals surface area contributed by atoms with Crippen molar-refractivity contribution >= 4 is 21.7 Å². The Morgan fingerprint density at radius 3 is 3.08 bits per heavy atom. The lowest BCUT2D eigenvalue weighted by Gasteiger charge is -1.94. The zero-order chi connectivity index (χ0) is 8.55. The number of hydrogen-bond donors (Lipinski definition) is 1. The number of aromatic nitrogens is 2. The molecule has 0 amide bonds. The van der Waals surface area contributed by atoms with Crippen molar-refractivity contribution in [1.82, 2.24) is 9.97 Å². The van der Waals surface area contributed by atoms with E-state index in [1.165, 1.54) is 0 Å². The zero-order valence-electron chi connectivity index (χ0n) is 6.69. The second-order valence-corrected chi connectivity index (χ2v) is 3.68. The van der Waals surface area contributed by atoms with E-state index in [1.807, 2.05) is 19.1 Å². The SMILES string of the molecule is C[C@H](N)c1nc2cccnc2s1. The highest BCUT2D eigenvalue weighted by Crippen LogP contribution is 2.22.